The second-order valence-electron chi connectivity index (χ2n) is 5.74. The van der Waals surface area contributed by atoms with Crippen molar-refractivity contribution in [3.8, 4) is 0 Å². The van der Waals surface area contributed by atoms with E-state index >= 15 is 0 Å². The Morgan fingerprint density at radius 1 is 1.30 bits per heavy atom. The first-order valence-electron chi connectivity index (χ1n) is 8.34. The van der Waals surface area contributed by atoms with E-state index in [-0.39, 0.29) is 23.3 Å². The van der Waals surface area contributed by atoms with Gasteiger partial charge in [-0.15, -0.1) is 10.2 Å². The lowest BCUT2D eigenvalue weighted by atomic mass is 10.2. The molecule has 0 aliphatic heterocycles. The van der Waals surface area contributed by atoms with Crippen molar-refractivity contribution in [2.45, 2.75) is 5.16 Å². The van der Waals surface area contributed by atoms with Gasteiger partial charge < -0.3 is 11.2 Å². The molecule has 0 aliphatic rings. The number of hydrogen-bond acceptors (Lipinski definition) is 9. The van der Waals surface area contributed by atoms with Crippen LogP contribution in [0.2, 0.25) is 0 Å². The number of amides is 1. The summed E-state index contributed by atoms with van der Waals surface area (Å²) < 4.78 is 2.03. The van der Waals surface area contributed by atoms with E-state index in [0.29, 0.717) is 16.4 Å². The Morgan fingerprint density at radius 3 is 2.77 bits per heavy atom. The van der Waals surface area contributed by atoms with Crippen molar-refractivity contribution in [1.29, 1.82) is 0 Å². The Balaban J connectivity index is 1.52. The Morgan fingerprint density at radius 2 is 2.07 bits per heavy atom. The first kappa shape index (κ1) is 21.3. The molecule has 3 aromatic rings. The van der Waals surface area contributed by atoms with Gasteiger partial charge in [0.1, 0.15) is 0 Å². The fourth-order valence-electron chi connectivity index (χ4n) is 2.19. The van der Waals surface area contributed by atoms with Gasteiger partial charge in [0, 0.05) is 22.3 Å². The largest absolute Gasteiger partial charge is 0.334 e. The number of carbonyl (C=O) groups is 1. The molecule has 11 nitrogen and oxygen atoms in total. The lowest BCUT2D eigenvalue weighted by Crippen LogP contribution is -2.16. The van der Waals surface area contributed by atoms with Crippen molar-refractivity contribution in [3.63, 3.8) is 0 Å². The predicted octanol–water partition coefficient (Wildman–Crippen LogP) is 2.84. The highest BCUT2D eigenvalue weighted by molar-refractivity contribution is 9.10. The standard InChI is InChI=1S/C17H15BrN8O3S/c18-12-2-1-3-13(8-12)21-15(27)10-30-17-24-23-16(25(17)19)22-20-9-11-4-6-14(7-5-11)26(28)29/h1-9H,10,19H2,(H,21,27)(H,22,23)/b20-9+. The third kappa shape index (κ3) is 5.78. The molecular weight excluding hydrogens is 476 g/mol. The number of hydrazone groups is 1. The fourth-order valence-corrected chi connectivity index (χ4v) is 3.25. The molecule has 0 radical (unpaired) electrons. The van der Waals surface area contributed by atoms with Gasteiger partial charge in [0.2, 0.25) is 11.1 Å². The lowest BCUT2D eigenvalue weighted by Gasteiger charge is -2.05. The minimum Gasteiger partial charge on any atom is -0.334 e. The van der Waals surface area contributed by atoms with Gasteiger partial charge in [-0.05, 0) is 35.9 Å². The molecule has 1 amide bonds. The van der Waals surface area contributed by atoms with E-state index in [9.17, 15) is 14.9 Å². The van der Waals surface area contributed by atoms with Crippen LogP contribution in [0.3, 0.4) is 0 Å². The first-order valence-corrected chi connectivity index (χ1v) is 10.1. The van der Waals surface area contributed by atoms with Crippen LogP contribution in [0.25, 0.3) is 0 Å². The Kier molecular flexibility index (Phi) is 6.98. The smallest absolute Gasteiger partial charge is 0.269 e. The highest BCUT2D eigenvalue weighted by Crippen LogP contribution is 2.19. The number of non-ortho nitro benzene ring substituents is 1. The predicted molar refractivity (Wildman–Crippen MR) is 118 cm³/mol. The topological polar surface area (TPSA) is 153 Å². The zero-order chi connectivity index (χ0) is 21.5. The normalized spacial score (nSPS) is 10.8. The Hall–Kier alpha value is -3.45. The number of benzene rings is 2. The molecule has 0 fully saturated rings. The number of nitrogens with two attached hydrogens (primary N) is 1. The number of aromatic nitrogens is 3. The number of carbonyl (C=O) groups excluding carboxylic acids is 1. The van der Waals surface area contributed by atoms with Crippen molar-refractivity contribution in [3.05, 3.63) is 68.7 Å². The fraction of sp³-hybridized carbons (Fsp3) is 0.0588. The van der Waals surface area contributed by atoms with Gasteiger partial charge in [0.25, 0.3) is 11.6 Å². The zero-order valence-electron chi connectivity index (χ0n) is 15.2. The van der Waals surface area contributed by atoms with Crippen molar-refractivity contribution < 1.29 is 9.72 Å². The van der Waals surface area contributed by atoms with E-state index in [4.69, 9.17) is 5.84 Å². The van der Waals surface area contributed by atoms with Gasteiger partial charge in [0.15, 0.2) is 0 Å². The maximum Gasteiger partial charge on any atom is 0.269 e. The van der Waals surface area contributed by atoms with Crippen LogP contribution >= 0.6 is 27.7 Å². The molecule has 0 saturated carbocycles. The minimum atomic E-state index is -0.478. The zero-order valence-corrected chi connectivity index (χ0v) is 17.6. The van der Waals surface area contributed by atoms with Crippen molar-refractivity contribution in [2.75, 3.05) is 22.3 Å². The van der Waals surface area contributed by atoms with E-state index in [0.717, 1.165) is 16.2 Å². The number of nitro groups is 1. The van der Waals surface area contributed by atoms with Crippen LogP contribution < -0.4 is 16.6 Å². The summed E-state index contributed by atoms with van der Waals surface area (Å²) in [6, 6.07) is 13.1. The minimum absolute atomic E-state index is 0.00703. The van der Waals surface area contributed by atoms with Gasteiger partial charge in [-0.2, -0.15) is 5.10 Å². The van der Waals surface area contributed by atoms with Crippen molar-refractivity contribution >= 4 is 57.1 Å². The molecule has 0 aliphatic carbocycles. The van der Waals surface area contributed by atoms with Gasteiger partial charge in [0.05, 0.1) is 16.9 Å². The molecule has 0 atom stereocenters. The van der Waals surface area contributed by atoms with E-state index in [1.807, 2.05) is 12.1 Å². The number of nitrogen functional groups attached to an aromatic ring is 1. The second-order valence-corrected chi connectivity index (χ2v) is 7.60. The number of nitrogens with zero attached hydrogens (tertiary/aromatic N) is 5. The highest BCUT2D eigenvalue weighted by Gasteiger charge is 2.12. The number of nitro benzene ring substituents is 1. The average molecular weight is 491 g/mol. The molecule has 2 aromatic carbocycles. The molecular formula is C17H15BrN8O3S. The number of halogens is 1. The number of thioether (sulfide) groups is 1. The third-order valence-corrected chi connectivity index (χ3v) is 5.02. The molecule has 4 N–H and O–H groups in total. The summed E-state index contributed by atoms with van der Waals surface area (Å²) in [7, 11) is 0. The number of rotatable bonds is 8. The maximum absolute atomic E-state index is 12.1. The summed E-state index contributed by atoms with van der Waals surface area (Å²) in [5, 5.41) is 25.5. The van der Waals surface area contributed by atoms with E-state index in [1.165, 1.54) is 23.0 Å². The third-order valence-electron chi connectivity index (χ3n) is 3.59. The van der Waals surface area contributed by atoms with Crippen LogP contribution in [0.4, 0.5) is 17.3 Å². The van der Waals surface area contributed by atoms with Gasteiger partial charge in [-0.25, -0.2) is 10.1 Å². The summed E-state index contributed by atoms with van der Waals surface area (Å²) in [5.74, 6) is 5.96. The molecule has 30 heavy (non-hydrogen) atoms. The highest BCUT2D eigenvalue weighted by atomic mass is 79.9. The summed E-state index contributed by atoms with van der Waals surface area (Å²) >= 11 is 4.46. The van der Waals surface area contributed by atoms with Crippen LogP contribution in [-0.4, -0.2) is 37.7 Å². The van der Waals surface area contributed by atoms with Crippen LogP contribution in [0.1, 0.15) is 5.56 Å². The average Bonchev–Trinajstić information content (AvgIpc) is 3.06. The molecule has 3 rings (SSSR count). The van der Waals surface area contributed by atoms with Crippen molar-refractivity contribution in [2.24, 2.45) is 5.10 Å². The molecule has 0 saturated heterocycles. The van der Waals surface area contributed by atoms with Crippen LogP contribution in [0, 0.1) is 10.1 Å². The number of hydrogen-bond donors (Lipinski definition) is 3. The number of anilines is 2. The lowest BCUT2D eigenvalue weighted by molar-refractivity contribution is -0.384. The first-order chi connectivity index (χ1) is 14.4. The summed E-state index contributed by atoms with van der Waals surface area (Å²) in [6.45, 7) is 0. The Bertz CT molecular complexity index is 1090. The summed E-state index contributed by atoms with van der Waals surface area (Å²) in [6.07, 6.45) is 1.46. The number of nitrogens with one attached hydrogen (secondary N) is 2. The molecule has 0 bridgehead atoms. The maximum atomic E-state index is 12.1. The molecule has 13 heteroatoms. The monoisotopic (exact) mass is 490 g/mol. The summed E-state index contributed by atoms with van der Waals surface area (Å²) in [5.41, 5.74) is 3.95. The molecule has 154 valence electrons. The van der Waals surface area contributed by atoms with Crippen LogP contribution in [-0.2, 0) is 4.79 Å². The van der Waals surface area contributed by atoms with E-state index < -0.39 is 4.92 Å². The van der Waals surface area contributed by atoms with Crippen molar-refractivity contribution in [1.82, 2.24) is 14.9 Å². The second kappa shape index (κ2) is 9.84. The Labute approximate surface area is 183 Å². The van der Waals surface area contributed by atoms with E-state index in [2.05, 4.69) is 42.0 Å². The SMILES string of the molecule is Nn1c(N/N=C/c2ccc([N+](=O)[O-])cc2)nnc1SCC(=O)Nc1cccc(Br)c1. The summed E-state index contributed by atoms with van der Waals surface area (Å²) in [4.78, 5) is 22.3. The van der Waals surface area contributed by atoms with Gasteiger partial charge >= 0.3 is 0 Å². The van der Waals surface area contributed by atoms with E-state index in [1.54, 1.807) is 24.3 Å². The molecule has 0 unspecified atom stereocenters. The molecule has 0 spiro atoms. The van der Waals surface area contributed by atoms with Gasteiger partial charge in [-0.1, -0.05) is 33.8 Å². The molecule has 1 aromatic heterocycles. The molecule has 1 heterocycles. The van der Waals surface area contributed by atoms with Crippen LogP contribution in [0.5, 0.6) is 0 Å². The van der Waals surface area contributed by atoms with Crippen LogP contribution in [0.15, 0.2) is 63.3 Å². The van der Waals surface area contributed by atoms with Gasteiger partial charge in [-0.3, -0.25) is 14.9 Å². The quantitative estimate of drug-likeness (QED) is 0.143.